The SMILES string of the molecule is COC(=O)C[C@@H](c1cc(C(C)(C)C)c(O)c(C(C)(C)C)c1)c1c(O)cc(C)oc1=O. The maximum atomic E-state index is 12.6. The maximum absolute atomic E-state index is 12.6. The van der Waals surface area contributed by atoms with Gasteiger partial charge in [-0.3, -0.25) is 4.79 Å². The van der Waals surface area contributed by atoms with Gasteiger partial charge in [0.25, 0.3) is 0 Å². The zero-order valence-electron chi connectivity index (χ0n) is 19.0. The molecule has 1 aromatic heterocycles. The highest BCUT2D eigenvalue weighted by Gasteiger charge is 2.32. The van der Waals surface area contributed by atoms with E-state index in [1.54, 1.807) is 19.1 Å². The molecular weight excluding hydrogens is 384 g/mol. The molecule has 2 N–H and O–H groups in total. The molecule has 0 fully saturated rings. The molecule has 0 radical (unpaired) electrons. The van der Waals surface area contributed by atoms with Crippen molar-refractivity contribution in [2.24, 2.45) is 0 Å². The van der Waals surface area contributed by atoms with E-state index in [1.165, 1.54) is 13.2 Å². The highest BCUT2D eigenvalue weighted by Crippen LogP contribution is 2.43. The number of ether oxygens (including phenoxy) is 1. The lowest BCUT2D eigenvalue weighted by atomic mass is 9.76. The average molecular weight is 417 g/mol. The lowest BCUT2D eigenvalue weighted by Crippen LogP contribution is -2.22. The summed E-state index contributed by atoms with van der Waals surface area (Å²) in [5, 5.41) is 21.5. The summed E-state index contributed by atoms with van der Waals surface area (Å²) in [4.78, 5) is 24.9. The van der Waals surface area contributed by atoms with Crippen molar-refractivity contribution in [2.45, 2.75) is 71.6 Å². The predicted molar refractivity (Wildman–Crippen MR) is 115 cm³/mol. The van der Waals surface area contributed by atoms with Crippen molar-refractivity contribution in [2.75, 3.05) is 7.11 Å². The molecule has 0 unspecified atom stereocenters. The number of phenolic OH excluding ortho intramolecular Hbond substituents is 1. The van der Waals surface area contributed by atoms with Gasteiger partial charge < -0.3 is 19.4 Å². The lowest BCUT2D eigenvalue weighted by Gasteiger charge is -2.30. The minimum Gasteiger partial charge on any atom is -0.507 e. The third-order valence-corrected chi connectivity index (χ3v) is 5.19. The minimum atomic E-state index is -0.794. The average Bonchev–Trinajstić information content (AvgIpc) is 2.58. The van der Waals surface area contributed by atoms with Crippen LogP contribution in [0, 0.1) is 6.92 Å². The monoisotopic (exact) mass is 416 g/mol. The molecule has 2 aromatic rings. The first-order chi connectivity index (χ1) is 13.7. The molecular formula is C24H32O6. The third kappa shape index (κ3) is 4.86. The van der Waals surface area contributed by atoms with Gasteiger partial charge in [-0.05, 0) is 34.4 Å². The van der Waals surface area contributed by atoms with Crippen molar-refractivity contribution in [1.29, 1.82) is 0 Å². The summed E-state index contributed by atoms with van der Waals surface area (Å²) in [5.41, 5.74) is 0.512. The quantitative estimate of drug-likeness (QED) is 0.704. The van der Waals surface area contributed by atoms with Gasteiger partial charge >= 0.3 is 11.6 Å². The maximum Gasteiger partial charge on any atom is 0.343 e. The van der Waals surface area contributed by atoms with Crippen LogP contribution in [-0.2, 0) is 20.4 Å². The molecule has 1 heterocycles. The van der Waals surface area contributed by atoms with E-state index in [-0.39, 0.29) is 29.2 Å². The summed E-state index contributed by atoms with van der Waals surface area (Å²) >= 11 is 0. The normalized spacial score (nSPS) is 13.2. The van der Waals surface area contributed by atoms with E-state index in [1.807, 2.05) is 41.5 Å². The van der Waals surface area contributed by atoms with Crippen LogP contribution < -0.4 is 5.63 Å². The van der Waals surface area contributed by atoms with Crippen LogP contribution >= 0.6 is 0 Å². The molecule has 0 saturated heterocycles. The number of hydrogen-bond acceptors (Lipinski definition) is 6. The second kappa shape index (κ2) is 8.17. The topological polar surface area (TPSA) is 97.0 Å². The number of esters is 1. The molecule has 0 amide bonds. The molecule has 30 heavy (non-hydrogen) atoms. The number of aryl methyl sites for hydroxylation is 1. The fourth-order valence-corrected chi connectivity index (χ4v) is 3.56. The van der Waals surface area contributed by atoms with Crippen molar-refractivity contribution in [1.82, 2.24) is 0 Å². The molecule has 1 aromatic carbocycles. The number of carbonyl (C=O) groups excluding carboxylic acids is 1. The van der Waals surface area contributed by atoms with Crippen LogP contribution in [0.4, 0.5) is 0 Å². The number of phenols is 1. The standard InChI is InChI=1S/C24H32O6/c1-13-9-18(25)20(22(28)30-13)15(12-19(26)29-8)14-10-16(23(2,3)4)21(27)17(11-14)24(5,6)7/h9-11,15,25,27H,12H2,1-8H3/t15-/m0/s1. The number of hydrogen-bond donors (Lipinski definition) is 2. The van der Waals surface area contributed by atoms with Crippen molar-refractivity contribution < 1.29 is 24.2 Å². The Morgan fingerprint density at radius 2 is 1.53 bits per heavy atom. The molecule has 2 rings (SSSR count). The Bertz CT molecular complexity index is 967. The van der Waals surface area contributed by atoms with Crippen LogP contribution in [0.2, 0.25) is 0 Å². The zero-order chi connectivity index (χ0) is 23.0. The number of benzene rings is 1. The number of carbonyl (C=O) groups is 1. The summed E-state index contributed by atoms with van der Waals surface area (Å²) in [6.07, 6.45) is -0.157. The smallest absolute Gasteiger partial charge is 0.343 e. The van der Waals surface area contributed by atoms with Gasteiger partial charge in [0.15, 0.2) is 0 Å². The van der Waals surface area contributed by atoms with E-state index in [9.17, 15) is 19.8 Å². The van der Waals surface area contributed by atoms with Crippen molar-refractivity contribution in [3.8, 4) is 11.5 Å². The van der Waals surface area contributed by atoms with E-state index in [2.05, 4.69) is 0 Å². The summed E-state index contributed by atoms with van der Waals surface area (Å²) in [6, 6.07) is 4.94. The van der Waals surface area contributed by atoms with E-state index in [0.29, 0.717) is 16.7 Å². The Labute approximate surface area is 177 Å². The van der Waals surface area contributed by atoms with E-state index >= 15 is 0 Å². The van der Waals surface area contributed by atoms with E-state index in [0.717, 1.165) is 0 Å². The largest absolute Gasteiger partial charge is 0.507 e. The van der Waals surface area contributed by atoms with Gasteiger partial charge in [0.2, 0.25) is 0 Å². The molecule has 0 saturated carbocycles. The first kappa shape index (κ1) is 23.5. The molecule has 0 aliphatic heterocycles. The van der Waals surface area contributed by atoms with Gasteiger partial charge in [-0.2, -0.15) is 0 Å². The zero-order valence-corrected chi connectivity index (χ0v) is 19.0. The van der Waals surface area contributed by atoms with Gasteiger partial charge in [-0.1, -0.05) is 53.7 Å². The highest BCUT2D eigenvalue weighted by molar-refractivity contribution is 5.72. The minimum absolute atomic E-state index is 0.00333. The fraction of sp³-hybridized carbons (Fsp3) is 0.500. The van der Waals surface area contributed by atoms with Crippen LogP contribution in [0.1, 0.15) is 81.9 Å². The molecule has 6 nitrogen and oxygen atoms in total. The second-order valence-electron chi connectivity index (χ2n) is 9.74. The Balaban J connectivity index is 2.88. The van der Waals surface area contributed by atoms with Gasteiger partial charge in [0.05, 0.1) is 19.1 Å². The molecule has 0 aliphatic rings. The summed E-state index contributed by atoms with van der Waals surface area (Å²) in [6.45, 7) is 13.4. The Kier molecular flexibility index (Phi) is 6.40. The van der Waals surface area contributed by atoms with Crippen molar-refractivity contribution >= 4 is 5.97 Å². The van der Waals surface area contributed by atoms with Crippen molar-refractivity contribution in [3.63, 3.8) is 0 Å². The Morgan fingerprint density at radius 1 is 1.03 bits per heavy atom. The van der Waals surface area contributed by atoms with Gasteiger partial charge in [0, 0.05) is 12.0 Å². The van der Waals surface area contributed by atoms with Crippen LogP contribution in [-0.4, -0.2) is 23.3 Å². The van der Waals surface area contributed by atoms with E-state index < -0.39 is 28.3 Å². The van der Waals surface area contributed by atoms with E-state index in [4.69, 9.17) is 9.15 Å². The highest BCUT2D eigenvalue weighted by atomic mass is 16.5. The molecule has 1 atom stereocenters. The van der Waals surface area contributed by atoms with Crippen molar-refractivity contribution in [3.05, 3.63) is 56.6 Å². The molecule has 0 bridgehead atoms. The second-order valence-corrected chi connectivity index (χ2v) is 9.74. The molecule has 0 aliphatic carbocycles. The number of aromatic hydroxyl groups is 2. The first-order valence-electron chi connectivity index (χ1n) is 9.95. The van der Waals surface area contributed by atoms with Gasteiger partial charge in [-0.25, -0.2) is 4.79 Å². The molecule has 164 valence electrons. The van der Waals surface area contributed by atoms with Crippen LogP contribution in [0.15, 0.2) is 27.4 Å². The summed E-state index contributed by atoms with van der Waals surface area (Å²) < 4.78 is 10.1. The third-order valence-electron chi connectivity index (χ3n) is 5.19. The fourth-order valence-electron chi connectivity index (χ4n) is 3.56. The molecule has 0 spiro atoms. The first-order valence-corrected chi connectivity index (χ1v) is 9.95. The summed E-state index contributed by atoms with van der Waals surface area (Å²) in [5.74, 6) is -1.09. The Hall–Kier alpha value is -2.76. The van der Waals surface area contributed by atoms with Crippen LogP contribution in [0.5, 0.6) is 11.5 Å². The predicted octanol–water partition coefficient (Wildman–Crippen LogP) is 4.65. The lowest BCUT2D eigenvalue weighted by molar-refractivity contribution is -0.140. The van der Waals surface area contributed by atoms with Gasteiger partial charge in [0.1, 0.15) is 17.3 Å². The summed E-state index contributed by atoms with van der Waals surface area (Å²) in [7, 11) is 1.27. The molecule has 6 heteroatoms. The Morgan fingerprint density at radius 3 is 1.93 bits per heavy atom. The van der Waals surface area contributed by atoms with Crippen LogP contribution in [0.25, 0.3) is 0 Å². The van der Waals surface area contributed by atoms with Gasteiger partial charge in [-0.15, -0.1) is 0 Å². The number of methoxy groups -OCH3 is 1. The van der Waals surface area contributed by atoms with Crippen LogP contribution in [0.3, 0.4) is 0 Å². The number of rotatable bonds is 4.